The minimum Gasteiger partial charge on any atom is -0.273 e. The fourth-order valence-corrected chi connectivity index (χ4v) is 3.46. The Kier molecular flexibility index (Phi) is 8.98. The lowest BCUT2D eigenvalue weighted by Crippen LogP contribution is -2.36. The second-order valence-corrected chi connectivity index (χ2v) is 6.54. The molecule has 128 valence electrons. The molecule has 3 aliphatic rings. The van der Waals surface area contributed by atoms with Crippen molar-refractivity contribution in [3.8, 4) is 0 Å². The SMILES string of the molecule is CC1=NN(C2CCCCC2)C(=O)C1.Cl.NNC1CCCCC1. The number of nitrogens with two attached hydrogens (primary N) is 1. The van der Waals surface area contributed by atoms with Crippen molar-refractivity contribution < 1.29 is 4.79 Å². The quantitative estimate of drug-likeness (QED) is 0.603. The van der Waals surface area contributed by atoms with Gasteiger partial charge in [-0.1, -0.05) is 38.5 Å². The third kappa shape index (κ3) is 5.86. The lowest BCUT2D eigenvalue weighted by molar-refractivity contribution is -0.131. The number of hydrazine groups is 1. The van der Waals surface area contributed by atoms with Crippen molar-refractivity contribution in [1.82, 2.24) is 10.4 Å². The van der Waals surface area contributed by atoms with Crippen LogP contribution in [0.25, 0.3) is 0 Å². The average molecular weight is 331 g/mol. The molecule has 2 saturated carbocycles. The first-order chi connectivity index (χ1) is 10.2. The van der Waals surface area contributed by atoms with Crippen LogP contribution < -0.4 is 11.3 Å². The predicted octanol–water partition coefficient (Wildman–Crippen LogP) is 3.13. The van der Waals surface area contributed by atoms with Crippen LogP contribution in [0.15, 0.2) is 5.10 Å². The maximum Gasteiger partial charge on any atom is 0.248 e. The number of nitrogens with one attached hydrogen (secondary N) is 1. The largest absolute Gasteiger partial charge is 0.273 e. The van der Waals surface area contributed by atoms with E-state index in [1.165, 1.54) is 51.4 Å². The van der Waals surface area contributed by atoms with E-state index in [1.807, 2.05) is 6.92 Å². The Morgan fingerprint density at radius 3 is 2.00 bits per heavy atom. The minimum atomic E-state index is 0. The van der Waals surface area contributed by atoms with E-state index in [0.29, 0.717) is 18.5 Å². The lowest BCUT2D eigenvalue weighted by Gasteiger charge is -2.27. The Morgan fingerprint density at radius 2 is 1.59 bits per heavy atom. The zero-order valence-electron chi connectivity index (χ0n) is 13.7. The number of hydrogen-bond acceptors (Lipinski definition) is 4. The van der Waals surface area contributed by atoms with Crippen molar-refractivity contribution in [2.75, 3.05) is 0 Å². The van der Waals surface area contributed by atoms with E-state index in [2.05, 4.69) is 10.5 Å². The minimum absolute atomic E-state index is 0. The molecule has 3 N–H and O–H groups in total. The molecule has 0 aromatic rings. The molecule has 0 radical (unpaired) electrons. The number of halogens is 1. The van der Waals surface area contributed by atoms with E-state index >= 15 is 0 Å². The topological polar surface area (TPSA) is 70.7 Å². The standard InChI is InChI=1S/C10H16N2O.C6H14N2.ClH/c1-8-7-10(13)12(11-8)9-5-3-2-4-6-9;7-8-6-4-2-1-3-5-6;/h9H,2-7H2,1H3;6,8H,1-5,7H2;1H. The monoisotopic (exact) mass is 330 g/mol. The second-order valence-electron chi connectivity index (χ2n) is 6.54. The number of carbonyl (C=O) groups excluding carboxylic acids is 1. The zero-order valence-corrected chi connectivity index (χ0v) is 14.5. The van der Waals surface area contributed by atoms with Crippen molar-refractivity contribution in [3.63, 3.8) is 0 Å². The van der Waals surface area contributed by atoms with Crippen LogP contribution in [0.1, 0.15) is 77.6 Å². The van der Waals surface area contributed by atoms with Gasteiger partial charge in [0.1, 0.15) is 0 Å². The van der Waals surface area contributed by atoms with Crippen molar-refractivity contribution in [2.24, 2.45) is 10.9 Å². The van der Waals surface area contributed by atoms with Gasteiger partial charge in [0.25, 0.3) is 0 Å². The summed E-state index contributed by atoms with van der Waals surface area (Å²) in [5, 5.41) is 6.02. The summed E-state index contributed by atoms with van der Waals surface area (Å²) in [7, 11) is 0. The van der Waals surface area contributed by atoms with Gasteiger partial charge in [0.2, 0.25) is 5.91 Å². The van der Waals surface area contributed by atoms with Gasteiger partial charge in [-0.15, -0.1) is 12.4 Å². The normalized spacial score (nSPS) is 23.5. The highest BCUT2D eigenvalue weighted by atomic mass is 35.5. The summed E-state index contributed by atoms with van der Waals surface area (Å²) in [6.07, 6.45) is 13.3. The number of carbonyl (C=O) groups is 1. The van der Waals surface area contributed by atoms with Gasteiger partial charge in [-0.05, 0) is 32.6 Å². The van der Waals surface area contributed by atoms with Gasteiger partial charge in [0.05, 0.1) is 12.5 Å². The van der Waals surface area contributed by atoms with Crippen LogP contribution in [0, 0.1) is 0 Å². The van der Waals surface area contributed by atoms with E-state index in [0.717, 1.165) is 18.6 Å². The van der Waals surface area contributed by atoms with Crippen molar-refractivity contribution >= 4 is 24.0 Å². The highest BCUT2D eigenvalue weighted by Crippen LogP contribution is 2.25. The average Bonchev–Trinajstić information content (AvgIpc) is 2.88. The molecule has 1 aliphatic heterocycles. The maximum absolute atomic E-state index is 11.5. The van der Waals surface area contributed by atoms with Gasteiger partial charge in [-0.3, -0.25) is 16.1 Å². The molecule has 5 nitrogen and oxygen atoms in total. The Hall–Kier alpha value is -0.650. The van der Waals surface area contributed by atoms with Crippen LogP contribution >= 0.6 is 12.4 Å². The fourth-order valence-electron chi connectivity index (χ4n) is 3.46. The Balaban J connectivity index is 0.000000234. The second kappa shape index (κ2) is 10.2. The number of hydrogen-bond donors (Lipinski definition) is 2. The van der Waals surface area contributed by atoms with Crippen molar-refractivity contribution in [1.29, 1.82) is 0 Å². The Labute approximate surface area is 140 Å². The summed E-state index contributed by atoms with van der Waals surface area (Å²) in [5.74, 6) is 5.45. The predicted molar refractivity (Wildman–Crippen MR) is 92.9 cm³/mol. The highest BCUT2D eigenvalue weighted by molar-refractivity contribution is 6.03. The number of nitrogens with zero attached hydrogens (tertiary/aromatic N) is 2. The summed E-state index contributed by atoms with van der Waals surface area (Å²) in [6, 6.07) is 1.02. The van der Waals surface area contributed by atoms with E-state index in [1.54, 1.807) is 5.01 Å². The Bertz CT molecular complexity index is 363. The molecule has 0 aromatic heterocycles. The number of hydrazone groups is 1. The molecule has 1 amide bonds. The fraction of sp³-hybridized carbons (Fsp3) is 0.875. The molecule has 0 aromatic carbocycles. The molecule has 0 saturated heterocycles. The lowest BCUT2D eigenvalue weighted by atomic mass is 9.95. The van der Waals surface area contributed by atoms with Gasteiger partial charge in [-0.25, -0.2) is 5.01 Å². The van der Waals surface area contributed by atoms with Crippen molar-refractivity contribution in [2.45, 2.75) is 89.6 Å². The van der Waals surface area contributed by atoms with E-state index in [-0.39, 0.29) is 18.3 Å². The number of rotatable bonds is 2. The maximum atomic E-state index is 11.5. The molecular formula is C16H31ClN4O. The highest BCUT2D eigenvalue weighted by Gasteiger charge is 2.29. The van der Waals surface area contributed by atoms with Gasteiger partial charge in [0.15, 0.2) is 0 Å². The van der Waals surface area contributed by atoms with E-state index < -0.39 is 0 Å². The number of amides is 1. The molecular weight excluding hydrogens is 300 g/mol. The first-order valence-electron chi connectivity index (χ1n) is 8.53. The first kappa shape index (κ1) is 19.4. The summed E-state index contributed by atoms with van der Waals surface area (Å²) in [5.41, 5.74) is 3.77. The molecule has 0 bridgehead atoms. The summed E-state index contributed by atoms with van der Waals surface area (Å²) in [6.45, 7) is 1.93. The Morgan fingerprint density at radius 1 is 1.05 bits per heavy atom. The summed E-state index contributed by atoms with van der Waals surface area (Å²) < 4.78 is 0. The summed E-state index contributed by atoms with van der Waals surface area (Å²) >= 11 is 0. The molecule has 22 heavy (non-hydrogen) atoms. The van der Waals surface area contributed by atoms with Crippen LogP contribution in [0.5, 0.6) is 0 Å². The first-order valence-corrected chi connectivity index (χ1v) is 8.53. The van der Waals surface area contributed by atoms with Crippen LogP contribution in [0.3, 0.4) is 0 Å². The molecule has 3 rings (SSSR count). The summed E-state index contributed by atoms with van der Waals surface area (Å²) in [4.78, 5) is 11.5. The third-order valence-corrected chi connectivity index (χ3v) is 4.70. The van der Waals surface area contributed by atoms with Crippen LogP contribution in [0.2, 0.25) is 0 Å². The zero-order chi connectivity index (χ0) is 15.1. The van der Waals surface area contributed by atoms with Gasteiger partial charge < -0.3 is 0 Å². The van der Waals surface area contributed by atoms with Crippen LogP contribution in [0.4, 0.5) is 0 Å². The van der Waals surface area contributed by atoms with E-state index in [4.69, 9.17) is 5.84 Å². The van der Waals surface area contributed by atoms with Gasteiger partial charge in [-0.2, -0.15) is 5.10 Å². The molecule has 0 atom stereocenters. The third-order valence-electron chi connectivity index (χ3n) is 4.70. The van der Waals surface area contributed by atoms with Crippen molar-refractivity contribution in [3.05, 3.63) is 0 Å². The van der Waals surface area contributed by atoms with E-state index in [9.17, 15) is 4.79 Å². The molecule has 0 unspecified atom stereocenters. The molecule has 6 heteroatoms. The van der Waals surface area contributed by atoms with Gasteiger partial charge in [0, 0.05) is 11.8 Å². The molecule has 2 fully saturated rings. The molecule has 1 heterocycles. The van der Waals surface area contributed by atoms with Crippen LogP contribution in [-0.4, -0.2) is 28.7 Å². The molecule has 2 aliphatic carbocycles. The van der Waals surface area contributed by atoms with Crippen LogP contribution in [-0.2, 0) is 4.79 Å². The molecule has 0 spiro atoms. The van der Waals surface area contributed by atoms with Gasteiger partial charge >= 0.3 is 0 Å². The smallest absolute Gasteiger partial charge is 0.248 e.